The zero-order valence-corrected chi connectivity index (χ0v) is 12.0. The standard InChI is InChI=1S/C13H9Cl2N3O3/c14-9-3-1-2-4-11(9)17-13(19)8-5-7(18(20)21)6-10(15)12(8)16/h1-6H,16H2,(H,17,19). The Morgan fingerprint density at radius 3 is 2.48 bits per heavy atom. The predicted molar refractivity (Wildman–Crippen MR) is 81.9 cm³/mol. The molecule has 0 aliphatic carbocycles. The molecule has 0 saturated heterocycles. The van der Waals surface area contributed by atoms with Gasteiger partial charge >= 0.3 is 0 Å². The van der Waals surface area contributed by atoms with Gasteiger partial charge < -0.3 is 11.1 Å². The van der Waals surface area contributed by atoms with Crippen LogP contribution in [-0.4, -0.2) is 10.8 Å². The minimum Gasteiger partial charge on any atom is -0.397 e. The molecule has 0 unspecified atom stereocenters. The molecule has 0 fully saturated rings. The van der Waals surface area contributed by atoms with Crippen molar-refractivity contribution in [2.24, 2.45) is 0 Å². The summed E-state index contributed by atoms with van der Waals surface area (Å²) in [4.78, 5) is 22.3. The molecule has 0 bridgehead atoms. The number of non-ortho nitro benzene ring substituents is 1. The van der Waals surface area contributed by atoms with Crippen LogP contribution >= 0.6 is 23.2 Å². The Balaban J connectivity index is 2.39. The lowest BCUT2D eigenvalue weighted by atomic mass is 10.1. The summed E-state index contributed by atoms with van der Waals surface area (Å²) in [6.45, 7) is 0. The van der Waals surface area contributed by atoms with Gasteiger partial charge in [0, 0.05) is 12.1 Å². The van der Waals surface area contributed by atoms with Gasteiger partial charge in [-0.2, -0.15) is 0 Å². The van der Waals surface area contributed by atoms with Gasteiger partial charge in [-0.1, -0.05) is 35.3 Å². The normalized spacial score (nSPS) is 10.2. The smallest absolute Gasteiger partial charge is 0.271 e. The van der Waals surface area contributed by atoms with Crippen molar-refractivity contribution in [1.29, 1.82) is 0 Å². The number of amides is 1. The third-order valence-electron chi connectivity index (χ3n) is 2.69. The minimum absolute atomic E-state index is 0.0354. The number of nitrogens with one attached hydrogen (secondary N) is 1. The van der Waals surface area contributed by atoms with Crippen LogP contribution in [0, 0.1) is 10.1 Å². The maximum absolute atomic E-state index is 12.2. The van der Waals surface area contributed by atoms with Crippen molar-refractivity contribution in [2.45, 2.75) is 0 Å². The number of carbonyl (C=O) groups excluding carboxylic acids is 1. The molecular formula is C13H9Cl2N3O3. The lowest BCUT2D eigenvalue weighted by Gasteiger charge is -2.09. The van der Waals surface area contributed by atoms with E-state index < -0.39 is 10.8 Å². The molecule has 1 amide bonds. The summed E-state index contributed by atoms with van der Waals surface area (Å²) < 4.78 is 0. The molecule has 3 N–H and O–H groups in total. The number of nitro groups is 1. The maximum atomic E-state index is 12.2. The average molecular weight is 326 g/mol. The highest BCUT2D eigenvalue weighted by molar-refractivity contribution is 6.35. The number of nitrogens with two attached hydrogens (primary N) is 1. The number of anilines is 2. The first-order valence-electron chi connectivity index (χ1n) is 5.69. The molecule has 21 heavy (non-hydrogen) atoms. The number of hydrogen-bond donors (Lipinski definition) is 2. The topological polar surface area (TPSA) is 98.3 Å². The van der Waals surface area contributed by atoms with E-state index in [2.05, 4.69) is 5.32 Å². The van der Waals surface area contributed by atoms with Gasteiger partial charge in [-0.05, 0) is 12.1 Å². The number of carbonyl (C=O) groups is 1. The second-order valence-corrected chi connectivity index (χ2v) is 4.89. The highest BCUT2D eigenvalue weighted by atomic mass is 35.5. The molecule has 0 radical (unpaired) electrons. The fourth-order valence-electron chi connectivity index (χ4n) is 1.65. The Morgan fingerprint density at radius 2 is 1.86 bits per heavy atom. The minimum atomic E-state index is -0.655. The summed E-state index contributed by atoms with van der Waals surface area (Å²) in [5.41, 5.74) is 5.62. The Hall–Kier alpha value is -2.31. The van der Waals surface area contributed by atoms with E-state index in [0.29, 0.717) is 10.7 Å². The van der Waals surface area contributed by atoms with Crippen LogP contribution in [0.4, 0.5) is 17.1 Å². The van der Waals surface area contributed by atoms with E-state index in [-0.39, 0.29) is 22.0 Å². The van der Waals surface area contributed by atoms with Gasteiger partial charge in [-0.15, -0.1) is 0 Å². The molecule has 2 aromatic carbocycles. The molecule has 0 spiro atoms. The van der Waals surface area contributed by atoms with Crippen molar-refractivity contribution in [2.75, 3.05) is 11.1 Å². The van der Waals surface area contributed by atoms with Crippen molar-refractivity contribution in [3.63, 3.8) is 0 Å². The number of rotatable bonds is 3. The third kappa shape index (κ3) is 3.24. The van der Waals surface area contributed by atoms with Crippen LogP contribution < -0.4 is 11.1 Å². The Labute approximate surface area is 129 Å². The number of nitrogens with zero attached hydrogens (tertiary/aromatic N) is 1. The summed E-state index contributed by atoms with van der Waals surface area (Å²) in [5.74, 6) is -0.633. The zero-order valence-electron chi connectivity index (χ0n) is 10.5. The van der Waals surface area contributed by atoms with Crippen LogP contribution in [0.25, 0.3) is 0 Å². The van der Waals surface area contributed by atoms with Gasteiger partial charge in [0.05, 0.1) is 31.9 Å². The molecule has 2 aromatic rings. The molecule has 108 valence electrons. The first-order chi connectivity index (χ1) is 9.90. The van der Waals surface area contributed by atoms with E-state index in [0.717, 1.165) is 12.1 Å². The van der Waals surface area contributed by atoms with Crippen LogP contribution in [0.2, 0.25) is 10.0 Å². The summed E-state index contributed by atoms with van der Waals surface area (Å²) >= 11 is 11.7. The number of nitrogen functional groups attached to an aromatic ring is 1. The van der Waals surface area contributed by atoms with E-state index in [9.17, 15) is 14.9 Å². The van der Waals surface area contributed by atoms with Gasteiger partial charge in [-0.25, -0.2) is 0 Å². The lowest BCUT2D eigenvalue weighted by molar-refractivity contribution is -0.384. The van der Waals surface area contributed by atoms with Crippen molar-refractivity contribution in [3.8, 4) is 0 Å². The molecular weight excluding hydrogens is 317 g/mol. The van der Waals surface area contributed by atoms with Gasteiger partial charge in [0.25, 0.3) is 11.6 Å². The third-order valence-corrected chi connectivity index (χ3v) is 3.33. The van der Waals surface area contributed by atoms with E-state index in [1.54, 1.807) is 24.3 Å². The van der Waals surface area contributed by atoms with Gasteiger partial charge in [0.1, 0.15) is 0 Å². The van der Waals surface area contributed by atoms with E-state index in [4.69, 9.17) is 28.9 Å². The number of halogens is 2. The Bertz CT molecular complexity index is 735. The maximum Gasteiger partial charge on any atom is 0.271 e. The van der Waals surface area contributed by atoms with Gasteiger partial charge in [0.15, 0.2) is 0 Å². The fraction of sp³-hybridized carbons (Fsp3) is 0. The quantitative estimate of drug-likeness (QED) is 0.510. The average Bonchev–Trinajstić information content (AvgIpc) is 2.43. The Morgan fingerprint density at radius 1 is 1.19 bits per heavy atom. The van der Waals surface area contributed by atoms with E-state index >= 15 is 0 Å². The number of nitro benzene ring substituents is 1. The molecule has 0 atom stereocenters. The zero-order chi connectivity index (χ0) is 15.6. The van der Waals surface area contributed by atoms with E-state index in [1.807, 2.05) is 0 Å². The van der Waals surface area contributed by atoms with Crippen molar-refractivity contribution in [1.82, 2.24) is 0 Å². The highest BCUT2D eigenvalue weighted by Crippen LogP contribution is 2.30. The van der Waals surface area contributed by atoms with E-state index in [1.165, 1.54) is 0 Å². The molecule has 0 aromatic heterocycles. The largest absolute Gasteiger partial charge is 0.397 e. The molecule has 6 nitrogen and oxygen atoms in total. The highest BCUT2D eigenvalue weighted by Gasteiger charge is 2.19. The van der Waals surface area contributed by atoms with Crippen LogP contribution in [0.5, 0.6) is 0 Å². The van der Waals surface area contributed by atoms with Crippen molar-refractivity contribution < 1.29 is 9.72 Å². The second kappa shape index (κ2) is 5.99. The Kier molecular flexibility index (Phi) is 4.30. The number of benzene rings is 2. The summed E-state index contributed by atoms with van der Waals surface area (Å²) in [6.07, 6.45) is 0. The first-order valence-corrected chi connectivity index (χ1v) is 6.45. The monoisotopic (exact) mass is 325 g/mol. The van der Waals surface area contributed by atoms with Crippen molar-refractivity contribution in [3.05, 3.63) is 62.1 Å². The first kappa shape index (κ1) is 15.1. The second-order valence-electron chi connectivity index (χ2n) is 4.08. The molecule has 0 aliphatic rings. The summed E-state index contributed by atoms with van der Waals surface area (Å²) in [7, 11) is 0. The van der Waals surface area contributed by atoms with Crippen molar-refractivity contribution >= 4 is 46.2 Å². The molecule has 8 heteroatoms. The van der Waals surface area contributed by atoms with Gasteiger partial charge in [0.2, 0.25) is 0 Å². The summed E-state index contributed by atoms with van der Waals surface area (Å²) in [6, 6.07) is 8.73. The summed E-state index contributed by atoms with van der Waals surface area (Å²) in [5, 5.41) is 13.6. The predicted octanol–water partition coefficient (Wildman–Crippen LogP) is 3.74. The van der Waals surface area contributed by atoms with Gasteiger partial charge in [-0.3, -0.25) is 14.9 Å². The molecule has 0 heterocycles. The van der Waals surface area contributed by atoms with Crippen LogP contribution in [0.3, 0.4) is 0 Å². The molecule has 0 aliphatic heterocycles. The fourth-order valence-corrected chi connectivity index (χ4v) is 2.05. The molecule has 2 rings (SSSR count). The number of hydrogen-bond acceptors (Lipinski definition) is 4. The lowest BCUT2D eigenvalue weighted by Crippen LogP contribution is -2.15. The van der Waals surface area contributed by atoms with Crippen LogP contribution in [0.1, 0.15) is 10.4 Å². The van der Waals surface area contributed by atoms with Crippen LogP contribution in [0.15, 0.2) is 36.4 Å². The SMILES string of the molecule is Nc1c(Cl)cc([N+](=O)[O-])cc1C(=O)Nc1ccccc1Cl. The van der Waals surface area contributed by atoms with Crippen LogP contribution in [-0.2, 0) is 0 Å². The molecule has 0 saturated carbocycles. The number of para-hydroxylation sites is 1.